The predicted octanol–water partition coefficient (Wildman–Crippen LogP) is -0.311. The van der Waals surface area contributed by atoms with E-state index in [1.807, 2.05) is 26.0 Å². The van der Waals surface area contributed by atoms with Crippen LogP contribution >= 0.6 is 0 Å². The van der Waals surface area contributed by atoms with Gasteiger partial charge in [-0.3, -0.25) is 10.1 Å². The van der Waals surface area contributed by atoms with Crippen LogP contribution < -0.4 is 15.5 Å². The summed E-state index contributed by atoms with van der Waals surface area (Å²) >= 11 is 0. The van der Waals surface area contributed by atoms with Gasteiger partial charge in [0.1, 0.15) is 0 Å². The van der Waals surface area contributed by atoms with E-state index in [0.29, 0.717) is 31.1 Å². The topological polar surface area (TPSA) is 100 Å². The SMILES string of the molecule is CC[C@H](C)NC(=O)NC(=O)C[NH+]1CCN(S(=O)(=O)c2ccc3c(c2)CCC3)CC1. The van der Waals surface area contributed by atoms with Gasteiger partial charge in [-0.25, -0.2) is 13.2 Å². The molecule has 1 aliphatic heterocycles. The van der Waals surface area contributed by atoms with Gasteiger partial charge in [-0.2, -0.15) is 4.31 Å². The fourth-order valence-electron chi connectivity index (χ4n) is 3.84. The van der Waals surface area contributed by atoms with Gasteiger partial charge in [-0.1, -0.05) is 13.0 Å². The van der Waals surface area contributed by atoms with Crippen molar-refractivity contribution in [3.63, 3.8) is 0 Å². The van der Waals surface area contributed by atoms with E-state index in [-0.39, 0.29) is 18.5 Å². The molecule has 29 heavy (non-hydrogen) atoms. The van der Waals surface area contributed by atoms with Crippen LogP contribution in [-0.4, -0.2) is 63.4 Å². The Morgan fingerprint density at radius 3 is 2.55 bits per heavy atom. The van der Waals surface area contributed by atoms with E-state index in [9.17, 15) is 18.0 Å². The summed E-state index contributed by atoms with van der Waals surface area (Å²) in [6.45, 7) is 5.77. The normalized spacial score (nSPS) is 18.8. The van der Waals surface area contributed by atoms with Gasteiger partial charge in [0.05, 0.1) is 31.1 Å². The van der Waals surface area contributed by atoms with Gasteiger partial charge >= 0.3 is 6.03 Å². The third kappa shape index (κ3) is 5.34. The lowest BCUT2D eigenvalue weighted by atomic mass is 10.1. The summed E-state index contributed by atoms with van der Waals surface area (Å²) < 4.78 is 27.5. The number of benzene rings is 1. The van der Waals surface area contributed by atoms with E-state index in [1.54, 1.807) is 6.07 Å². The molecule has 0 saturated carbocycles. The smallest absolute Gasteiger partial charge is 0.321 e. The monoisotopic (exact) mass is 423 g/mol. The van der Waals surface area contributed by atoms with Crippen LogP contribution in [0.3, 0.4) is 0 Å². The molecule has 0 aromatic heterocycles. The van der Waals surface area contributed by atoms with Crippen molar-refractivity contribution in [1.82, 2.24) is 14.9 Å². The first kappa shape index (κ1) is 21.7. The summed E-state index contributed by atoms with van der Waals surface area (Å²) in [5.74, 6) is -0.351. The van der Waals surface area contributed by atoms with Gasteiger partial charge < -0.3 is 10.2 Å². The van der Waals surface area contributed by atoms with Crippen LogP contribution in [0, 0.1) is 0 Å². The summed E-state index contributed by atoms with van der Waals surface area (Å²) in [6, 6.07) is 4.98. The van der Waals surface area contributed by atoms with Crippen LogP contribution in [-0.2, 0) is 27.7 Å². The molecule has 8 nitrogen and oxygen atoms in total. The van der Waals surface area contributed by atoms with Crippen molar-refractivity contribution in [3.8, 4) is 0 Å². The Balaban J connectivity index is 1.51. The van der Waals surface area contributed by atoms with Crippen LogP contribution in [0.5, 0.6) is 0 Å². The van der Waals surface area contributed by atoms with E-state index in [0.717, 1.165) is 36.1 Å². The van der Waals surface area contributed by atoms with E-state index in [4.69, 9.17) is 0 Å². The average Bonchev–Trinajstić information content (AvgIpc) is 3.15. The molecule has 3 rings (SSSR count). The number of carbonyl (C=O) groups excluding carboxylic acids is 2. The Morgan fingerprint density at radius 2 is 1.86 bits per heavy atom. The molecule has 1 aliphatic carbocycles. The minimum atomic E-state index is -3.52. The minimum Gasteiger partial charge on any atom is -0.335 e. The third-order valence-electron chi connectivity index (χ3n) is 5.79. The fraction of sp³-hybridized carbons (Fsp3) is 0.600. The predicted molar refractivity (Wildman–Crippen MR) is 109 cm³/mol. The van der Waals surface area contributed by atoms with Gasteiger partial charge in [0.15, 0.2) is 6.54 Å². The molecule has 3 N–H and O–H groups in total. The van der Waals surface area contributed by atoms with Crippen LogP contribution in [0.15, 0.2) is 23.1 Å². The second-order valence-electron chi connectivity index (χ2n) is 7.95. The summed E-state index contributed by atoms with van der Waals surface area (Å²) in [4.78, 5) is 25.2. The number of fused-ring (bicyclic) bond motifs is 1. The van der Waals surface area contributed by atoms with E-state index < -0.39 is 16.1 Å². The number of hydrogen-bond donors (Lipinski definition) is 3. The lowest BCUT2D eigenvalue weighted by molar-refractivity contribution is -0.895. The molecule has 9 heteroatoms. The average molecular weight is 424 g/mol. The second-order valence-corrected chi connectivity index (χ2v) is 9.88. The van der Waals surface area contributed by atoms with Crippen molar-refractivity contribution in [3.05, 3.63) is 29.3 Å². The Hall–Kier alpha value is -1.97. The molecule has 1 heterocycles. The second kappa shape index (κ2) is 9.23. The number of piperazine rings is 1. The number of urea groups is 1. The van der Waals surface area contributed by atoms with E-state index in [2.05, 4.69) is 10.6 Å². The molecule has 1 fully saturated rings. The van der Waals surface area contributed by atoms with Gasteiger partial charge in [-0.15, -0.1) is 0 Å². The molecule has 1 aromatic carbocycles. The van der Waals surface area contributed by atoms with Crippen molar-refractivity contribution >= 4 is 22.0 Å². The number of rotatable bonds is 6. The first-order valence-electron chi connectivity index (χ1n) is 10.4. The number of aryl methyl sites for hydroxylation is 2. The number of quaternary nitrogens is 1. The minimum absolute atomic E-state index is 0.00288. The summed E-state index contributed by atoms with van der Waals surface area (Å²) in [5, 5.41) is 5.03. The quantitative estimate of drug-likeness (QED) is 0.584. The highest BCUT2D eigenvalue weighted by Gasteiger charge is 2.32. The maximum atomic E-state index is 13.0. The molecule has 2 aliphatic rings. The third-order valence-corrected chi connectivity index (χ3v) is 7.69. The van der Waals surface area contributed by atoms with Crippen molar-refractivity contribution < 1.29 is 22.9 Å². The highest BCUT2D eigenvalue weighted by molar-refractivity contribution is 7.89. The number of nitrogens with one attached hydrogen (secondary N) is 3. The molecule has 160 valence electrons. The largest absolute Gasteiger partial charge is 0.335 e. The van der Waals surface area contributed by atoms with Gasteiger partial charge in [0.25, 0.3) is 5.91 Å². The van der Waals surface area contributed by atoms with Crippen LogP contribution in [0.4, 0.5) is 4.79 Å². The van der Waals surface area contributed by atoms with Gasteiger partial charge in [0.2, 0.25) is 10.0 Å². The lowest BCUT2D eigenvalue weighted by Gasteiger charge is -2.31. The number of imide groups is 1. The number of carbonyl (C=O) groups is 2. The number of hydrogen-bond acceptors (Lipinski definition) is 4. The molecule has 0 unspecified atom stereocenters. The zero-order chi connectivity index (χ0) is 21.0. The molecule has 1 saturated heterocycles. The zero-order valence-electron chi connectivity index (χ0n) is 17.2. The molecule has 1 aromatic rings. The van der Waals surface area contributed by atoms with Crippen molar-refractivity contribution in [2.75, 3.05) is 32.7 Å². The van der Waals surface area contributed by atoms with Crippen LogP contribution in [0.1, 0.15) is 37.8 Å². The van der Waals surface area contributed by atoms with E-state index in [1.165, 1.54) is 9.87 Å². The summed E-state index contributed by atoms with van der Waals surface area (Å²) in [7, 11) is -3.52. The van der Waals surface area contributed by atoms with Crippen LogP contribution in [0.25, 0.3) is 0 Å². The van der Waals surface area contributed by atoms with Crippen molar-refractivity contribution in [2.45, 2.75) is 50.5 Å². The summed E-state index contributed by atoms with van der Waals surface area (Å²) in [5.41, 5.74) is 2.39. The Kier molecular flexibility index (Phi) is 6.92. The van der Waals surface area contributed by atoms with Gasteiger partial charge in [0, 0.05) is 6.04 Å². The maximum Gasteiger partial charge on any atom is 0.321 e. The molecular formula is C20H31N4O4S+. The first-order valence-corrected chi connectivity index (χ1v) is 11.8. The van der Waals surface area contributed by atoms with Crippen molar-refractivity contribution in [2.24, 2.45) is 0 Å². The molecule has 3 amide bonds. The van der Waals surface area contributed by atoms with Crippen LogP contribution in [0.2, 0.25) is 0 Å². The molecule has 0 spiro atoms. The molecular weight excluding hydrogens is 392 g/mol. The fourth-order valence-corrected chi connectivity index (χ4v) is 5.33. The van der Waals surface area contributed by atoms with Gasteiger partial charge in [-0.05, 0) is 55.9 Å². The molecule has 1 atom stereocenters. The zero-order valence-corrected chi connectivity index (χ0v) is 18.0. The molecule has 0 bridgehead atoms. The highest BCUT2D eigenvalue weighted by atomic mass is 32.2. The summed E-state index contributed by atoms with van der Waals surface area (Å²) in [6.07, 6.45) is 3.83. The molecule has 0 radical (unpaired) electrons. The maximum absolute atomic E-state index is 13.0. The first-order chi connectivity index (χ1) is 13.8. The Bertz CT molecular complexity index is 863. The van der Waals surface area contributed by atoms with E-state index >= 15 is 0 Å². The Labute approximate surface area is 172 Å². The Morgan fingerprint density at radius 1 is 1.17 bits per heavy atom. The number of nitrogens with zero attached hydrogens (tertiary/aromatic N) is 1. The number of sulfonamides is 1. The highest BCUT2D eigenvalue weighted by Crippen LogP contribution is 2.26. The standard InChI is InChI=1S/C20H30N4O4S/c1-3-15(2)21-20(26)22-19(25)14-23-9-11-24(12-10-23)29(27,28)18-8-7-16-5-4-6-17(16)13-18/h7-8,13,15H,3-6,9-12,14H2,1-2H3,(H2,21,22,25,26)/p+1/t15-/m0/s1. The number of amides is 3. The van der Waals surface area contributed by atoms with Crippen molar-refractivity contribution in [1.29, 1.82) is 0 Å². The lowest BCUT2D eigenvalue weighted by Crippen LogP contribution is -3.15.